The Morgan fingerprint density at radius 2 is 1.68 bits per heavy atom. The zero-order valence-corrected chi connectivity index (χ0v) is 14.3. The molecule has 0 fully saturated rings. The first-order chi connectivity index (χ1) is 12.3. The van der Waals surface area contributed by atoms with Crippen LogP contribution in [0.4, 0.5) is 0 Å². The normalized spacial score (nSPS) is 10.6. The Morgan fingerprint density at radius 1 is 0.920 bits per heavy atom. The molecule has 1 amide bonds. The van der Waals surface area contributed by atoms with E-state index < -0.39 is 0 Å². The number of hydrogen-bond donors (Lipinski definition) is 1. The highest BCUT2D eigenvalue weighted by atomic mass is 16.1. The van der Waals surface area contributed by atoms with E-state index in [0.717, 1.165) is 24.9 Å². The largest absolute Gasteiger partial charge is 0.352 e. The molecule has 4 nitrogen and oxygen atoms in total. The lowest BCUT2D eigenvalue weighted by molar-refractivity contribution is -0.121. The fourth-order valence-corrected chi connectivity index (χ4v) is 2.73. The zero-order chi connectivity index (χ0) is 17.3. The summed E-state index contributed by atoms with van der Waals surface area (Å²) >= 11 is 0. The molecule has 0 spiro atoms. The number of hydrogen-bond acceptors (Lipinski definition) is 2. The van der Waals surface area contributed by atoms with Crippen molar-refractivity contribution in [3.63, 3.8) is 0 Å². The molecule has 0 bridgehead atoms. The minimum Gasteiger partial charge on any atom is -0.352 e. The van der Waals surface area contributed by atoms with Crippen molar-refractivity contribution < 1.29 is 4.79 Å². The molecule has 4 heteroatoms. The highest BCUT2D eigenvalue weighted by Crippen LogP contribution is 2.07. The molecular weight excluding hydrogens is 310 g/mol. The van der Waals surface area contributed by atoms with Gasteiger partial charge in [0.25, 0.3) is 0 Å². The van der Waals surface area contributed by atoms with Gasteiger partial charge in [-0.2, -0.15) is 5.10 Å². The summed E-state index contributed by atoms with van der Waals surface area (Å²) in [5, 5.41) is 7.20. The lowest BCUT2D eigenvalue weighted by atomic mass is 10.1. The van der Waals surface area contributed by atoms with Gasteiger partial charge in [0.1, 0.15) is 0 Å². The van der Waals surface area contributed by atoms with Crippen molar-refractivity contribution in [2.45, 2.75) is 32.4 Å². The number of nitrogens with zero attached hydrogens (tertiary/aromatic N) is 2. The number of carbonyl (C=O) groups is 1. The Labute approximate surface area is 148 Å². The lowest BCUT2D eigenvalue weighted by Crippen LogP contribution is -2.22. The summed E-state index contributed by atoms with van der Waals surface area (Å²) < 4.78 is 1.89. The Bertz CT molecular complexity index is 765. The molecule has 3 rings (SSSR count). The van der Waals surface area contributed by atoms with Gasteiger partial charge in [-0.1, -0.05) is 54.6 Å². The van der Waals surface area contributed by atoms with Crippen LogP contribution < -0.4 is 5.32 Å². The van der Waals surface area contributed by atoms with Gasteiger partial charge in [0.2, 0.25) is 5.91 Å². The molecule has 0 aliphatic heterocycles. The topological polar surface area (TPSA) is 46.9 Å². The molecule has 128 valence electrons. The van der Waals surface area contributed by atoms with Crippen LogP contribution in [0.2, 0.25) is 0 Å². The molecule has 1 aromatic heterocycles. The molecule has 0 aliphatic carbocycles. The second kappa shape index (κ2) is 8.83. The van der Waals surface area contributed by atoms with E-state index in [1.165, 1.54) is 11.1 Å². The highest BCUT2D eigenvalue weighted by molar-refractivity contribution is 5.75. The van der Waals surface area contributed by atoms with Crippen LogP contribution in [0.15, 0.2) is 73.1 Å². The van der Waals surface area contributed by atoms with Gasteiger partial charge >= 0.3 is 0 Å². The molecule has 0 saturated carbocycles. The van der Waals surface area contributed by atoms with E-state index in [2.05, 4.69) is 46.8 Å². The number of benzene rings is 2. The number of aromatic nitrogens is 2. The van der Waals surface area contributed by atoms with Gasteiger partial charge in [0.05, 0.1) is 6.54 Å². The van der Waals surface area contributed by atoms with Crippen LogP contribution in [0.3, 0.4) is 0 Å². The van der Waals surface area contributed by atoms with Crippen molar-refractivity contribution in [2.24, 2.45) is 0 Å². The van der Waals surface area contributed by atoms with Gasteiger partial charge in [0.15, 0.2) is 0 Å². The van der Waals surface area contributed by atoms with Gasteiger partial charge in [-0.05, 0) is 35.6 Å². The summed E-state index contributed by atoms with van der Waals surface area (Å²) in [6, 6.07) is 20.5. The number of aryl methyl sites for hydroxylation is 1. The van der Waals surface area contributed by atoms with Gasteiger partial charge < -0.3 is 5.32 Å². The third-order valence-electron chi connectivity index (χ3n) is 4.13. The van der Waals surface area contributed by atoms with Crippen LogP contribution >= 0.6 is 0 Å². The van der Waals surface area contributed by atoms with Crippen molar-refractivity contribution in [1.29, 1.82) is 0 Å². The molecule has 0 saturated heterocycles. The van der Waals surface area contributed by atoms with Gasteiger partial charge in [0, 0.05) is 25.4 Å². The highest BCUT2D eigenvalue weighted by Gasteiger charge is 2.02. The predicted molar refractivity (Wildman–Crippen MR) is 99.0 cm³/mol. The molecule has 1 N–H and O–H groups in total. The van der Waals surface area contributed by atoms with Crippen LogP contribution in [0, 0.1) is 0 Å². The monoisotopic (exact) mass is 333 g/mol. The van der Waals surface area contributed by atoms with E-state index in [9.17, 15) is 4.79 Å². The summed E-state index contributed by atoms with van der Waals surface area (Å²) in [4.78, 5) is 12.0. The summed E-state index contributed by atoms with van der Waals surface area (Å²) in [5.74, 6) is 0.108. The van der Waals surface area contributed by atoms with E-state index >= 15 is 0 Å². The smallest absolute Gasteiger partial charge is 0.220 e. The Hall–Kier alpha value is -2.88. The molecule has 0 atom stereocenters. The number of carbonyl (C=O) groups excluding carboxylic acids is 1. The van der Waals surface area contributed by atoms with Crippen molar-refractivity contribution in [2.75, 3.05) is 0 Å². The van der Waals surface area contributed by atoms with E-state index in [1.54, 1.807) is 6.20 Å². The lowest BCUT2D eigenvalue weighted by Gasteiger charge is -2.07. The average molecular weight is 333 g/mol. The molecule has 1 heterocycles. The quantitative estimate of drug-likeness (QED) is 0.685. The van der Waals surface area contributed by atoms with Crippen molar-refractivity contribution in [3.8, 4) is 0 Å². The Balaban J connectivity index is 1.38. The first-order valence-corrected chi connectivity index (χ1v) is 8.65. The molecule has 0 unspecified atom stereocenters. The van der Waals surface area contributed by atoms with Gasteiger partial charge in [-0.15, -0.1) is 0 Å². The Morgan fingerprint density at radius 3 is 2.40 bits per heavy atom. The van der Waals surface area contributed by atoms with Crippen molar-refractivity contribution >= 4 is 5.91 Å². The van der Waals surface area contributed by atoms with Gasteiger partial charge in [-0.25, -0.2) is 0 Å². The second-order valence-corrected chi connectivity index (χ2v) is 6.14. The third kappa shape index (κ3) is 5.60. The summed E-state index contributed by atoms with van der Waals surface area (Å²) in [7, 11) is 0. The number of amides is 1. The maximum absolute atomic E-state index is 12.0. The summed E-state index contributed by atoms with van der Waals surface area (Å²) in [5.41, 5.74) is 3.59. The van der Waals surface area contributed by atoms with Crippen LogP contribution in [-0.4, -0.2) is 15.7 Å². The summed E-state index contributed by atoms with van der Waals surface area (Å²) in [6.07, 6.45) is 6.10. The fourth-order valence-electron chi connectivity index (χ4n) is 2.73. The van der Waals surface area contributed by atoms with Crippen LogP contribution in [0.1, 0.15) is 29.5 Å². The molecule has 0 aliphatic rings. The molecule has 0 radical (unpaired) electrons. The molecular formula is C21H23N3O. The maximum Gasteiger partial charge on any atom is 0.220 e. The summed E-state index contributed by atoms with van der Waals surface area (Å²) in [6.45, 7) is 1.34. The molecule has 25 heavy (non-hydrogen) atoms. The van der Waals surface area contributed by atoms with Crippen LogP contribution in [-0.2, 0) is 24.3 Å². The maximum atomic E-state index is 12.0. The third-order valence-corrected chi connectivity index (χ3v) is 4.13. The second-order valence-electron chi connectivity index (χ2n) is 6.14. The Kier molecular flexibility index (Phi) is 5.99. The standard InChI is InChI=1S/C21H23N3O/c25-21(9-4-8-18-6-2-1-3-7-18)22-16-19-10-12-20(13-11-19)17-24-15-5-14-23-24/h1-3,5-7,10-15H,4,8-9,16-17H2,(H,22,25). The van der Waals surface area contributed by atoms with E-state index in [4.69, 9.17) is 0 Å². The number of nitrogens with one attached hydrogen (secondary N) is 1. The fraction of sp³-hybridized carbons (Fsp3) is 0.238. The first-order valence-electron chi connectivity index (χ1n) is 8.65. The average Bonchev–Trinajstić information content (AvgIpc) is 3.15. The van der Waals surface area contributed by atoms with E-state index in [-0.39, 0.29) is 5.91 Å². The van der Waals surface area contributed by atoms with Crippen LogP contribution in [0.5, 0.6) is 0 Å². The van der Waals surface area contributed by atoms with Crippen molar-refractivity contribution in [1.82, 2.24) is 15.1 Å². The predicted octanol–water partition coefficient (Wildman–Crippen LogP) is 3.57. The minimum absolute atomic E-state index is 0.108. The minimum atomic E-state index is 0.108. The number of rotatable bonds is 8. The zero-order valence-electron chi connectivity index (χ0n) is 14.3. The first kappa shape index (κ1) is 17.0. The molecule has 2 aromatic carbocycles. The molecule has 3 aromatic rings. The van der Waals surface area contributed by atoms with E-state index in [0.29, 0.717) is 13.0 Å². The van der Waals surface area contributed by atoms with Crippen molar-refractivity contribution in [3.05, 3.63) is 89.7 Å². The SMILES string of the molecule is O=C(CCCc1ccccc1)NCc1ccc(Cn2cccn2)cc1. The van der Waals surface area contributed by atoms with Gasteiger partial charge in [-0.3, -0.25) is 9.48 Å². The van der Waals surface area contributed by atoms with Crippen LogP contribution in [0.25, 0.3) is 0 Å². The van der Waals surface area contributed by atoms with E-state index in [1.807, 2.05) is 35.1 Å².